The number of fused-ring (bicyclic) bond motifs is 1. The molecule has 2 heterocycles. The molecular weight excluding hydrogens is 710 g/mol. The van der Waals surface area contributed by atoms with Gasteiger partial charge in [-0.05, 0) is 66.6 Å². The normalized spacial score (nSPS) is 27.5. The maximum atomic E-state index is 16.1. The third kappa shape index (κ3) is 9.17. The van der Waals surface area contributed by atoms with E-state index >= 15 is 9.18 Å². The molecule has 0 aliphatic carbocycles. The molecule has 53 heavy (non-hydrogen) atoms. The number of halogens is 5. The van der Waals surface area contributed by atoms with Crippen LogP contribution in [0.15, 0.2) is 100 Å². The van der Waals surface area contributed by atoms with Gasteiger partial charge in [-0.3, -0.25) is 9.59 Å². The zero-order chi connectivity index (χ0) is 64.2. The Balaban J connectivity index is 1.86. The van der Waals surface area contributed by atoms with E-state index in [0.29, 0.717) is 0 Å². The van der Waals surface area contributed by atoms with Crippen molar-refractivity contribution >= 4 is 28.6 Å². The van der Waals surface area contributed by atoms with E-state index in [-0.39, 0.29) is 16.3 Å². The summed E-state index contributed by atoms with van der Waals surface area (Å²) in [5.74, 6) is -8.58. The largest absolute Gasteiger partial charge is 0.416 e. The second kappa shape index (κ2) is 16.7. The van der Waals surface area contributed by atoms with Crippen molar-refractivity contribution in [2.75, 3.05) is 33.2 Å². The van der Waals surface area contributed by atoms with Crippen LogP contribution in [0.1, 0.15) is 76.1 Å². The summed E-state index contributed by atoms with van der Waals surface area (Å²) in [7, 11) is 0.753. The van der Waals surface area contributed by atoms with Crippen LogP contribution in [0.2, 0.25) is 0 Å². The van der Waals surface area contributed by atoms with Gasteiger partial charge in [-0.1, -0.05) is 59.9 Å². The van der Waals surface area contributed by atoms with E-state index in [1.807, 2.05) is 0 Å². The van der Waals surface area contributed by atoms with Crippen molar-refractivity contribution in [3.63, 3.8) is 0 Å². The number of aromatic nitrogens is 1. The lowest BCUT2D eigenvalue weighted by Crippen LogP contribution is -2.48. The lowest BCUT2D eigenvalue weighted by Gasteiger charge is -2.39. The number of methoxy groups -OCH3 is 1. The van der Waals surface area contributed by atoms with Crippen LogP contribution in [-0.4, -0.2) is 59.5 Å². The predicted molar refractivity (Wildman–Crippen MR) is 198 cm³/mol. The van der Waals surface area contributed by atoms with Gasteiger partial charge in [0.05, 0.1) is 50.1 Å². The second-order valence-corrected chi connectivity index (χ2v) is 11.2. The molecule has 0 atom stereocenters. The number of rotatable bonds is 12. The minimum Gasteiger partial charge on any atom is -0.383 e. The standard InChI is InChI=1S/C41H40F5N3O3S/c1-27-6-15-36-34(22-27)37(50)23-39(53-26-31-4-3-5-35(42)40(31)43)49(36)25-38(51)48(33-16-18-47(19-17-33)20-21-52-2)24-28-7-9-29(10-8-28)30-11-13-32(14-12-30)41(44,45)46/h3-15,22-23,33H,16-21,24-26H2,1-2H3/i3D,4D,5D,6D,7D,8D,9D,10D,11D,12D,13D,14D,15D,16D2,17D2,18D2,19D2,20D2,22D,23D,24D2,25D2,33D. The zero-order valence-electron chi connectivity index (χ0n) is 56.8. The maximum Gasteiger partial charge on any atom is 0.416 e. The SMILES string of the molecule is [2H]c1c([2H])c(F)c(F)c(CSc2c([2H])c(=O)c3c([2H])c(C)c([2H])c([2H])c3n2C([2H])([2H])C(=O)N(C([2H])([2H])c2c([2H])c([2H])c(-c3c([2H])c([2H])c(C(F)(F)F)c([2H])c3[2H])c([2H])c2[2H])C2([2H])C([2H])([2H])C([2H])([2H])N(C([2H])([2H])COC)C([2H])([2H])C2([2H])[2H])c1[2H]. The van der Waals surface area contributed by atoms with Crippen LogP contribution < -0.4 is 5.43 Å². The molecule has 278 valence electrons. The molecule has 0 unspecified atom stereocenters. The van der Waals surface area contributed by atoms with E-state index in [9.17, 15) is 34.7 Å². The molecule has 4 aromatic carbocycles. The van der Waals surface area contributed by atoms with Crippen LogP contribution in [0.3, 0.4) is 0 Å². The monoisotopic (exact) mass is 779 g/mol. The van der Waals surface area contributed by atoms with Crippen LogP contribution in [0.4, 0.5) is 22.0 Å². The zero-order valence-corrected chi connectivity index (χ0v) is 27.6. The number of thioether (sulfide) groups is 1. The molecule has 12 heteroatoms. The molecule has 1 amide bonds. The van der Waals surface area contributed by atoms with Crippen molar-refractivity contribution < 1.29 is 72.6 Å². The molecule has 6 nitrogen and oxygen atoms in total. The van der Waals surface area contributed by atoms with Crippen LogP contribution in [0, 0.1) is 18.6 Å². The van der Waals surface area contributed by atoms with Crippen molar-refractivity contribution in [3.05, 3.63) is 135 Å². The highest BCUT2D eigenvalue weighted by molar-refractivity contribution is 7.98. The first-order valence-corrected chi connectivity index (χ1v) is 15.5. The topological polar surface area (TPSA) is 54.8 Å². The Morgan fingerprint density at radius 3 is 2.36 bits per heavy atom. The number of pyridine rings is 1. The third-order valence-electron chi connectivity index (χ3n) is 6.57. The number of hydrogen-bond donors (Lipinski definition) is 0. The van der Waals surface area contributed by atoms with E-state index in [0.717, 1.165) is 14.0 Å². The minimum absolute atomic E-state index is 0.263. The van der Waals surface area contributed by atoms with Gasteiger partial charge in [-0.25, -0.2) is 8.78 Å². The van der Waals surface area contributed by atoms with E-state index in [1.54, 1.807) is 0 Å². The summed E-state index contributed by atoms with van der Waals surface area (Å²) < 4.78 is 344. The van der Waals surface area contributed by atoms with Gasteiger partial charge >= 0.3 is 6.18 Å². The van der Waals surface area contributed by atoms with Gasteiger partial charge in [0.2, 0.25) is 5.91 Å². The summed E-state index contributed by atoms with van der Waals surface area (Å²) in [6.07, 6.45) is -15.7. The molecule has 1 aromatic heterocycles. The van der Waals surface area contributed by atoms with Crippen LogP contribution >= 0.6 is 11.8 Å². The highest BCUT2D eigenvalue weighted by atomic mass is 32.2. The number of ether oxygens (including phenoxy) is 1. The molecule has 1 aliphatic rings. The molecule has 1 fully saturated rings. The van der Waals surface area contributed by atoms with Crippen molar-refractivity contribution in [1.29, 1.82) is 0 Å². The molecule has 0 bridgehead atoms. The lowest BCUT2D eigenvalue weighted by molar-refractivity contribution is -0.137. The first kappa shape index (κ1) is 15.7. The second-order valence-electron chi connectivity index (χ2n) is 10.2. The summed E-state index contributed by atoms with van der Waals surface area (Å²) >= 11 is -0.263. The molecular formula is C41H40F5N3O3S. The number of hydrogen-bond acceptors (Lipinski definition) is 5. The molecule has 5 aromatic rings. The molecule has 0 radical (unpaired) electrons. The van der Waals surface area contributed by atoms with Crippen molar-refractivity contribution in [1.82, 2.24) is 14.4 Å². The Hall–Kier alpha value is -4.52. The third-order valence-corrected chi connectivity index (χ3v) is 7.56. The number of alkyl halides is 3. The number of piperidine rings is 1. The highest BCUT2D eigenvalue weighted by Crippen LogP contribution is 2.32. The van der Waals surface area contributed by atoms with Gasteiger partial charge in [0.15, 0.2) is 17.1 Å². The lowest BCUT2D eigenvalue weighted by atomic mass is 10.00. The van der Waals surface area contributed by atoms with E-state index < -0.39 is 243 Å². The van der Waals surface area contributed by atoms with Crippen LogP contribution in [-0.2, 0) is 34.5 Å². The predicted octanol–water partition coefficient (Wildman–Crippen LogP) is 8.71. The summed E-state index contributed by atoms with van der Waals surface area (Å²) in [4.78, 5) is 28.1. The quantitative estimate of drug-likeness (QED) is 0.0938. The number of benzene rings is 4. The molecule has 0 N–H and O–H groups in total. The Morgan fingerprint density at radius 1 is 1.02 bits per heavy atom. The summed E-state index contributed by atoms with van der Waals surface area (Å²) in [5.41, 5.74) is -12.2. The van der Waals surface area contributed by atoms with Crippen molar-refractivity contribution in [2.24, 2.45) is 0 Å². The Labute approximate surface area is 351 Å². The van der Waals surface area contributed by atoms with E-state index in [4.69, 9.17) is 33.5 Å². The fourth-order valence-corrected chi connectivity index (χ4v) is 5.04. The first-order valence-electron chi connectivity index (χ1n) is 29.5. The summed E-state index contributed by atoms with van der Waals surface area (Å²) in [6, 6.07) is -29.2. The first-order chi connectivity index (χ1) is 37.4. The number of carbonyl (C=O) groups excluding carboxylic acids is 1. The van der Waals surface area contributed by atoms with Gasteiger partial charge < -0.3 is 19.1 Å². The van der Waals surface area contributed by atoms with E-state index in [1.165, 1.54) is 0 Å². The highest BCUT2D eigenvalue weighted by Gasteiger charge is 2.31. The number of carbonyl (C=O) groups is 1. The van der Waals surface area contributed by atoms with E-state index in [2.05, 4.69) is 0 Å². The average molecular weight is 780 g/mol. The maximum absolute atomic E-state index is 16.1. The van der Waals surface area contributed by atoms with Crippen molar-refractivity contribution in [2.45, 2.75) is 55.6 Å². The Morgan fingerprint density at radius 2 is 1.70 bits per heavy atom. The molecule has 0 saturated carbocycles. The minimum atomic E-state index is -5.61. The molecule has 1 saturated heterocycles. The fraction of sp³-hybridized carbons (Fsp3) is 0.317. The molecule has 0 spiro atoms. The smallest absolute Gasteiger partial charge is 0.383 e. The van der Waals surface area contributed by atoms with Crippen molar-refractivity contribution in [3.8, 4) is 11.1 Å². The Bertz CT molecular complexity index is 3560. The fourth-order valence-electron chi connectivity index (χ4n) is 4.13. The number of likely N-dealkylation sites (tertiary alicyclic amines) is 1. The summed E-state index contributed by atoms with van der Waals surface area (Å²) in [5, 5.41) is -2.74. The van der Waals surface area contributed by atoms with Gasteiger partial charge in [-0.15, -0.1) is 11.8 Å². The number of nitrogens with zero attached hydrogens (tertiary/aromatic N) is 3. The average Bonchev–Trinajstić information content (AvgIpc) is 0.807. The molecule has 6 rings (SSSR count). The molecule has 1 aliphatic heterocycles. The van der Waals surface area contributed by atoms with Gasteiger partial charge in [0, 0.05) is 75.6 Å². The number of amides is 1. The van der Waals surface area contributed by atoms with Gasteiger partial charge in [0.25, 0.3) is 0 Å². The van der Waals surface area contributed by atoms with Gasteiger partial charge in [-0.2, -0.15) is 13.2 Å². The van der Waals surface area contributed by atoms with Crippen LogP contribution in [0.25, 0.3) is 22.0 Å². The Kier molecular flexibility index (Phi) is 4.93. The summed E-state index contributed by atoms with van der Waals surface area (Å²) in [6.45, 7) is -23.5. The van der Waals surface area contributed by atoms with Crippen LogP contribution in [0.5, 0.6) is 0 Å². The van der Waals surface area contributed by atoms with Gasteiger partial charge in [0.1, 0.15) is 6.50 Å².